The standard InChI is InChI=1S/C14H14N4.C13H19N3/c1-15-14-6-12-5-10(3-4-11(12)7-16-14)13-8-17-18(2)9-13;1-3-12-4-5-14-13(10-12)11-16-8-6-15(2)7-9-16/h3-9H,1-2H3,(H,15,16);3-5,10H,1,6-9,11H2,2H3. The SMILES string of the molecule is C=Cc1ccnc(CN2CCN(C)CC2)c1.CNc1cc2cc(-c3cnn(C)c3)ccc2cn1. The maximum atomic E-state index is 4.40. The summed E-state index contributed by atoms with van der Waals surface area (Å²) in [7, 11) is 5.97. The van der Waals surface area contributed by atoms with Gasteiger partial charge in [0, 0.05) is 76.4 Å². The predicted octanol–water partition coefficient (Wildman–Crippen LogP) is 4.15. The van der Waals surface area contributed by atoms with Crippen molar-refractivity contribution in [3.05, 3.63) is 79.0 Å². The number of likely N-dealkylation sites (N-methyl/N-ethyl adjacent to an activating group) is 1. The maximum Gasteiger partial charge on any atom is 0.126 e. The van der Waals surface area contributed by atoms with Crippen molar-refractivity contribution >= 4 is 22.7 Å². The van der Waals surface area contributed by atoms with Crippen molar-refractivity contribution in [2.45, 2.75) is 6.54 Å². The summed E-state index contributed by atoms with van der Waals surface area (Å²) in [5.41, 5.74) is 4.59. The number of hydrogen-bond acceptors (Lipinski definition) is 6. The third-order valence-corrected chi connectivity index (χ3v) is 6.07. The Morgan fingerprint density at radius 3 is 2.47 bits per heavy atom. The molecule has 0 spiro atoms. The van der Waals surface area contributed by atoms with Crippen LogP contribution in [0.15, 0.2) is 67.8 Å². The van der Waals surface area contributed by atoms with Crippen molar-refractivity contribution in [3.8, 4) is 11.1 Å². The summed E-state index contributed by atoms with van der Waals surface area (Å²) >= 11 is 0. The minimum Gasteiger partial charge on any atom is -0.373 e. The highest BCUT2D eigenvalue weighted by molar-refractivity contribution is 5.88. The van der Waals surface area contributed by atoms with Crippen molar-refractivity contribution in [3.63, 3.8) is 0 Å². The molecule has 0 atom stereocenters. The number of piperazine rings is 1. The zero-order valence-corrected chi connectivity index (χ0v) is 20.3. The van der Waals surface area contributed by atoms with E-state index in [-0.39, 0.29) is 0 Å². The Morgan fingerprint density at radius 2 is 1.76 bits per heavy atom. The molecule has 34 heavy (non-hydrogen) atoms. The van der Waals surface area contributed by atoms with Gasteiger partial charge >= 0.3 is 0 Å². The quantitative estimate of drug-likeness (QED) is 0.488. The summed E-state index contributed by atoms with van der Waals surface area (Å²) < 4.78 is 1.81. The van der Waals surface area contributed by atoms with Crippen LogP contribution in [0.25, 0.3) is 28.0 Å². The zero-order valence-electron chi connectivity index (χ0n) is 20.3. The minimum absolute atomic E-state index is 0.880. The lowest BCUT2D eigenvalue weighted by Gasteiger charge is -2.32. The first-order chi connectivity index (χ1) is 16.5. The van der Waals surface area contributed by atoms with E-state index >= 15 is 0 Å². The van der Waals surface area contributed by atoms with Gasteiger partial charge in [-0.1, -0.05) is 24.8 Å². The zero-order chi connectivity index (χ0) is 23.9. The molecule has 1 N–H and O–H groups in total. The summed E-state index contributed by atoms with van der Waals surface area (Å²) in [6.45, 7) is 9.31. The molecular formula is C27H33N7. The fourth-order valence-electron chi connectivity index (χ4n) is 3.97. The van der Waals surface area contributed by atoms with Gasteiger partial charge in [0.2, 0.25) is 0 Å². The largest absolute Gasteiger partial charge is 0.373 e. The van der Waals surface area contributed by atoms with Crippen molar-refractivity contribution in [1.82, 2.24) is 29.5 Å². The second-order valence-corrected chi connectivity index (χ2v) is 8.65. The number of pyridine rings is 2. The molecule has 0 bridgehead atoms. The lowest BCUT2D eigenvalue weighted by molar-refractivity contribution is 0.147. The molecule has 1 fully saturated rings. The van der Waals surface area contributed by atoms with E-state index in [2.05, 4.69) is 74.1 Å². The first kappa shape index (κ1) is 23.6. The highest BCUT2D eigenvalue weighted by atomic mass is 15.2. The number of anilines is 1. The van der Waals surface area contributed by atoms with Crippen LogP contribution in [-0.2, 0) is 13.6 Å². The molecule has 0 aliphatic carbocycles. The fraction of sp³-hybridized carbons (Fsp3) is 0.296. The van der Waals surface area contributed by atoms with Gasteiger partial charge in [-0.2, -0.15) is 5.10 Å². The summed E-state index contributed by atoms with van der Waals surface area (Å²) in [5, 5.41) is 9.57. The van der Waals surface area contributed by atoms with Gasteiger partial charge in [-0.3, -0.25) is 14.6 Å². The first-order valence-corrected chi connectivity index (χ1v) is 11.6. The molecular weight excluding hydrogens is 422 g/mol. The van der Waals surface area contributed by atoms with E-state index in [1.54, 1.807) is 0 Å². The van der Waals surface area contributed by atoms with Gasteiger partial charge in [-0.25, -0.2) is 4.98 Å². The Balaban J connectivity index is 0.000000162. The fourth-order valence-corrected chi connectivity index (χ4v) is 3.97. The Kier molecular flexibility index (Phi) is 7.67. The van der Waals surface area contributed by atoms with Crippen LogP contribution < -0.4 is 5.32 Å². The summed E-state index contributed by atoms with van der Waals surface area (Å²) in [5.74, 6) is 0.880. The molecule has 176 valence electrons. The summed E-state index contributed by atoms with van der Waals surface area (Å²) in [4.78, 5) is 13.5. The number of benzene rings is 1. The smallest absolute Gasteiger partial charge is 0.126 e. The topological polar surface area (TPSA) is 62.1 Å². The lowest BCUT2D eigenvalue weighted by Crippen LogP contribution is -2.44. The first-order valence-electron chi connectivity index (χ1n) is 11.6. The lowest BCUT2D eigenvalue weighted by atomic mass is 10.1. The maximum absolute atomic E-state index is 4.40. The van der Waals surface area contributed by atoms with Crippen LogP contribution in [-0.4, -0.2) is 69.8 Å². The third-order valence-electron chi connectivity index (χ3n) is 6.07. The van der Waals surface area contributed by atoms with Crippen LogP contribution in [0.3, 0.4) is 0 Å². The van der Waals surface area contributed by atoms with Gasteiger partial charge in [0.15, 0.2) is 0 Å². The van der Waals surface area contributed by atoms with Gasteiger partial charge in [0.25, 0.3) is 0 Å². The molecule has 4 aromatic rings. The van der Waals surface area contributed by atoms with Crippen molar-refractivity contribution in [1.29, 1.82) is 0 Å². The van der Waals surface area contributed by atoms with Crippen LogP contribution in [0.1, 0.15) is 11.3 Å². The summed E-state index contributed by atoms with van der Waals surface area (Å²) in [6, 6.07) is 12.5. The van der Waals surface area contributed by atoms with Gasteiger partial charge in [-0.15, -0.1) is 0 Å². The molecule has 1 aromatic carbocycles. The van der Waals surface area contributed by atoms with Crippen LogP contribution in [0.5, 0.6) is 0 Å². The number of nitrogens with one attached hydrogen (secondary N) is 1. The van der Waals surface area contributed by atoms with Crippen LogP contribution in [0, 0.1) is 0 Å². The molecule has 0 radical (unpaired) electrons. The van der Waals surface area contributed by atoms with E-state index in [1.807, 2.05) is 55.7 Å². The van der Waals surface area contributed by atoms with Crippen LogP contribution in [0.4, 0.5) is 5.82 Å². The molecule has 0 saturated carbocycles. The average Bonchev–Trinajstić information content (AvgIpc) is 3.31. The molecule has 3 aromatic heterocycles. The Labute approximate surface area is 201 Å². The molecule has 0 amide bonds. The number of aromatic nitrogens is 4. The summed E-state index contributed by atoms with van der Waals surface area (Å²) in [6.07, 6.45) is 9.51. The molecule has 7 nitrogen and oxygen atoms in total. The second kappa shape index (κ2) is 11.0. The molecule has 0 unspecified atom stereocenters. The molecule has 1 saturated heterocycles. The number of hydrogen-bond donors (Lipinski definition) is 1. The van der Waals surface area contributed by atoms with Crippen LogP contribution >= 0.6 is 0 Å². The van der Waals surface area contributed by atoms with Crippen molar-refractivity contribution in [2.75, 3.05) is 45.6 Å². The normalized spacial score (nSPS) is 14.4. The predicted molar refractivity (Wildman–Crippen MR) is 141 cm³/mol. The molecule has 5 rings (SSSR count). The van der Waals surface area contributed by atoms with Crippen LogP contribution in [0.2, 0.25) is 0 Å². The van der Waals surface area contributed by atoms with Gasteiger partial charge in [0.1, 0.15) is 5.82 Å². The Morgan fingerprint density at radius 1 is 0.941 bits per heavy atom. The van der Waals surface area contributed by atoms with Gasteiger partial charge in [0.05, 0.1) is 11.9 Å². The third kappa shape index (κ3) is 6.07. The van der Waals surface area contributed by atoms with E-state index in [9.17, 15) is 0 Å². The van der Waals surface area contributed by atoms with E-state index in [0.717, 1.165) is 60.7 Å². The number of aryl methyl sites for hydroxylation is 1. The number of fused-ring (bicyclic) bond motifs is 1. The Hall–Kier alpha value is -3.55. The van der Waals surface area contributed by atoms with Crippen molar-refractivity contribution < 1.29 is 0 Å². The molecule has 7 heteroatoms. The van der Waals surface area contributed by atoms with E-state index < -0.39 is 0 Å². The van der Waals surface area contributed by atoms with E-state index in [0.29, 0.717) is 0 Å². The molecule has 1 aliphatic rings. The van der Waals surface area contributed by atoms with E-state index in [4.69, 9.17) is 0 Å². The van der Waals surface area contributed by atoms with Gasteiger partial charge < -0.3 is 10.2 Å². The number of nitrogens with zero attached hydrogens (tertiary/aromatic N) is 6. The van der Waals surface area contributed by atoms with E-state index in [1.165, 1.54) is 10.9 Å². The average molecular weight is 456 g/mol. The highest BCUT2D eigenvalue weighted by Crippen LogP contribution is 2.24. The van der Waals surface area contributed by atoms with Crippen molar-refractivity contribution in [2.24, 2.45) is 7.05 Å². The second-order valence-electron chi connectivity index (χ2n) is 8.65. The molecule has 1 aliphatic heterocycles. The Bertz CT molecular complexity index is 1240. The van der Waals surface area contributed by atoms with Gasteiger partial charge in [-0.05, 0) is 47.8 Å². The number of rotatable bonds is 5. The monoisotopic (exact) mass is 455 g/mol. The highest BCUT2D eigenvalue weighted by Gasteiger charge is 2.14. The molecule has 4 heterocycles. The minimum atomic E-state index is 0.880.